The van der Waals surface area contributed by atoms with Crippen molar-refractivity contribution in [2.75, 3.05) is 31.1 Å². The van der Waals surface area contributed by atoms with Gasteiger partial charge in [-0.05, 0) is 17.9 Å². The molecule has 2 fully saturated rings. The van der Waals surface area contributed by atoms with Crippen LogP contribution in [0, 0.1) is 5.41 Å². The minimum atomic E-state index is -3.27. The molecule has 4 heterocycles. The van der Waals surface area contributed by atoms with Gasteiger partial charge < -0.3 is 4.90 Å². The van der Waals surface area contributed by atoms with Crippen LogP contribution in [-0.4, -0.2) is 43.9 Å². The van der Waals surface area contributed by atoms with E-state index >= 15 is 0 Å². The highest BCUT2D eigenvalue weighted by molar-refractivity contribution is 7.91. The Labute approximate surface area is 131 Å². The van der Waals surface area contributed by atoms with Gasteiger partial charge in [0.2, 0.25) is 0 Å². The maximum atomic E-state index is 12.4. The van der Waals surface area contributed by atoms with Crippen LogP contribution in [0.25, 0.3) is 0 Å². The fraction of sp³-hybridized carbons (Fsp3) is 0.462. The molecule has 5 nitrogen and oxygen atoms in total. The third kappa shape index (κ3) is 2.21. The van der Waals surface area contributed by atoms with Crippen molar-refractivity contribution in [1.82, 2.24) is 9.29 Å². The summed E-state index contributed by atoms with van der Waals surface area (Å²) in [6.45, 7) is 3.15. The lowest BCUT2D eigenvalue weighted by molar-refractivity contribution is 0.0938. The standard InChI is InChI=1S/C13H15N3O2S3/c17-21(18,11-2-1-6-19-11)16-9-13(10-16)3-5-15(8-13)12-14-4-7-20-12/h1-2,4,6-7H,3,5,8-10H2. The van der Waals surface area contributed by atoms with E-state index in [9.17, 15) is 8.42 Å². The molecule has 0 amide bonds. The number of rotatable bonds is 3. The van der Waals surface area contributed by atoms with Crippen molar-refractivity contribution >= 4 is 37.8 Å². The molecule has 1 spiro atoms. The van der Waals surface area contributed by atoms with Gasteiger partial charge in [0.15, 0.2) is 5.13 Å². The van der Waals surface area contributed by atoms with Gasteiger partial charge in [-0.1, -0.05) is 6.07 Å². The van der Waals surface area contributed by atoms with Crippen molar-refractivity contribution in [2.45, 2.75) is 10.6 Å². The predicted molar refractivity (Wildman–Crippen MR) is 84.5 cm³/mol. The minimum Gasteiger partial charge on any atom is -0.347 e. The van der Waals surface area contributed by atoms with E-state index in [-0.39, 0.29) is 5.41 Å². The molecule has 112 valence electrons. The van der Waals surface area contributed by atoms with Crippen LogP contribution in [0.2, 0.25) is 0 Å². The first-order valence-corrected chi connectivity index (χ1v) is 9.97. The summed E-state index contributed by atoms with van der Waals surface area (Å²) in [5.74, 6) is 0. The van der Waals surface area contributed by atoms with Crippen LogP contribution < -0.4 is 4.90 Å². The van der Waals surface area contributed by atoms with Crippen molar-refractivity contribution in [3.8, 4) is 0 Å². The highest BCUT2D eigenvalue weighted by Crippen LogP contribution is 2.43. The molecule has 2 aromatic heterocycles. The average molecular weight is 341 g/mol. The van der Waals surface area contributed by atoms with E-state index in [0.29, 0.717) is 17.3 Å². The number of nitrogens with zero attached hydrogens (tertiary/aromatic N) is 3. The van der Waals surface area contributed by atoms with Gasteiger partial charge in [0.25, 0.3) is 10.0 Å². The summed E-state index contributed by atoms with van der Waals surface area (Å²) in [6, 6.07) is 3.47. The number of hydrogen-bond acceptors (Lipinski definition) is 6. The van der Waals surface area contributed by atoms with Gasteiger partial charge in [0, 0.05) is 43.2 Å². The van der Waals surface area contributed by atoms with Gasteiger partial charge in [-0.2, -0.15) is 4.31 Å². The van der Waals surface area contributed by atoms with E-state index in [1.807, 2.05) is 17.0 Å². The third-order valence-corrected chi connectivity index (χ3v) is 8.24. The number of anilines is 1. The monoisotopic (exact) mass is 341 g/mol. The second kappa shape index (κ2) is 4.77. The molecule has 21 heavy (non-hydrogen) atoms. The molecular formula is C13H15N3O2S3. The summed E-state index contributed by atoms with van der Waals surface area (Å²) in [5.41, 5.74) is 0.121. The molecular weight excluding hydrogens is 326 g/mol. The number of hydrogen-bond donors (Lipinski definition) is 0. The van der Waals surface area contributed by atoms with Gasteiger partial charge >= 0.3 is 0 Å². The normalized spacial score (nSPS) is 21.8. The molecule has 2 aromatic rings. The zero-order chi connectivity index (χ0) is 14.5. The molecule has 0 unspecified atom stereocenters. The van der Waals surface area contributed by atoms with Crippen LogP contribution in [0.4, 0.5) is 5.13 Å². The molecule has 0 bridgehead atoms. The Hall–Kier alpha value is -0.960. The SMILES string of the molecule is O=S(=O)(c1cccs1)N1CC2(CCN(c3nccs3)C2)C1. The molecule has 8 heteroatoms. The summed E-state index contributed by atoms with van der Waals surface area (Å²) in [6.07, 6.45) is 2.86. The van der Waals surface area contributed by atoms with E-state index in [2.05, 4.69) is 9.88 Å². The number of thiophene rings is 1. The first kappa shape index (κ1) is 13.7. The van der Waals surface area contributed by atoms with Crippen LogP contribution in [0.5, 0.6) is 0 Å². The first-order chi connectivity index (χ1) is 10.1. The minimum absolute atomic E-state index is 0.121. The second-order valence-corrected chi connectivity index (χ2v) is 9.68. The Balaban J connectivity index is 1.46. The van der Waals surface area contributed by atoms with Crippen LogP contribution in [0.15, 0.2) is 33.3 Å². The van der Waals surface area contributed by atoms with Crippen molar-refractivity contribution in [2.24, 2.45) is 5.41 Å². The van der Waals surface area contributed by atoms with Crippen molar-refractivity contribution in [3.63, 3.8) is 0 Å². The lowest BCUT2D eigenvalue weighted by atomic mass is 9.81. The number of thiazole rings is 1. The summed E-state index contributed by atoms with van der Waals surface area (Å²) in [4.78, 5) is 6.62. The van der Waals surface area contributed by atoms with E-state index in [1.54, 1.807) is 27.8 Å². The Morgan fingerprint density at radius 3 is 2.71 bits per heavy atom. The largest absolute Gasteiger partial charge is 0.347 e. The lowest BCUT2D eigenvalue weighted by Crippen LogP contribution is -2.59. The second-order valence-electron chi connectivity index (χ2n) is 5.69. The Morgan fingerprint density at radius 1 is 1.19 bits per heavy atom. The summed E-state index contributed by atoms with van der Waals surface area (Å²) in [5, 5.41) is 4.84. The molecule has 2 saturated heterocycles. The summed E-state index contributed by atoms with van der Waals surface area (Å²) in [7, 11) is -3.27. The van der Waals surface area contributed by atoms with Gasteiger partial charge in [-0.25, -0.2) is 13.4 Å². The number of sulfonamides is 1. The molecule has 0 aromatic carbocycles. The van der Waals surface area contributed by atoms with Crippen LogP contribution in [-0.2, 0) is 10.0 Å². The Bertz CT molecular complexity index is 719. The molecule has 0 N–H and O–H groups in total. The molecule has 0 aliphatic carbocycles. The average Bonchev–Trinajstić information content (AvgIpc) is 3.16. The predicted octanol–water partition coefficient (Wildman–Crippen LogP) is 2.11. The third-order valence-electron chi connectivity index (χ3n) is 4.24. The summed E-state index contributed by atoms with van der Waals surface area (Å²) >= 11 is 2.93. The van der Waals surface area contributed by atoms with E-state index in [1.165, 1.54) is 11.3 Å². The van der Waals surface area contributed by atoms with Crippen LogP contribution in [0.1, 0.15) is 6.42 Å². The lowest BCUT2D eigenvalue weighted by Gasteiger charge is -2.46. The molecule has 2 aliphatic rings. The van der Waals surface area contributed by atoms with Crippen LogP contribution >= 0.6 is 22.7 Å². The molecule has 0 saturated carbocycles. The molecule has 2 aliphatic heterocycles. The molecule has 0 radical (unpaired) electrons. The smallest absolute Gasteiger partial charge is 0.252 e. The Kier molecular flexibility index (Phi) is 3.11. The van der Waals surface area contributed by atoms with Gasteiger partial charge in [-0.3, -0.25) is 0 Å². The van der Waals surface area contributed by atoms with Crippen molar-refractivity contribution < 1.29 is 8.42 Å². The number of aromatic nitrogens is 1. The zero-order valence-electron chi connectivity index (χ0n) is 11.3. The van der Waals surface area contributed by atoms with Crippen LogP contribution in [0.3, 0.4) is 0 Å². The van der Waals surface area contributed by atoms with Gasteiger partial charge in [-0.15, -0.1) is 22.7 Å². The fourth-order valence-corrected chi connectivity index (χ4v) is 6.62. The fourth-order valence-electron chi connectivity index (χ4n) is 3.14. The highest BCUT2D eigenvalue weighted by atomic mass is 32.2. The zero-order valence-corrected chi connectivity index (χ0v) is 13.8. The van der Waals surface area contributed by atoms with Crippen molar-refractivity contribution in [1.29, 1.82) is 0 Å². The topological polar surface area (TPSA) is 53.5 Å². The van der Waals surface area contributed by atoms with E-state index < -0.39 is 10.0 Å². The highest BCUT2D eigenvalue weighted by Gasteiger charge is 2.52. The van der Waals surface area contributed by atoms with Gasteiger partial charge in [0.1, 0.15) is 4.21 Å². The van der Waals surface area contributed by atoms with E-state index in [0.717, 1.165) is 24.6 Å². The molecule has 4 rings (SSSR count). The first-order valence-electron chi connectivity index (χ1n) is 6.77. The maximum Gasteiger partial charge on any atom is 0.252 e. The summed E-state index contributed by atoms with van der Waals surface area (Å²) < 4.78 is 26.9. The van der Waals surface area contributed by atoms with Gasteiger partial charge in [0.05, 0.1) is 0 Å². The quantitative estimate of drug-likeness (QED) is 0.858. The molecule has 0 atom stereocenters. The van der Waals surface area contributed by atoms with Crippen molar-refractivity contribution in [3.05, 3.63) is 29.1 Å². The maximum absolute atomic E-state index is 12.4. The Morgan fingerprint density at radius 2 is 2.05 bits per heavy atom. The van der Waals surface area contributed by atoms with E-state index in [4.69, 9.17) is 0 Å².